The highest BCUT2D eigenvalue weighted by atomic mass is 16.3. The van der Waals surface area contributed by atoms with E-state index in [2.05, 4.69) is 45.6 Å². The molecule has 0 spiro atoms. The fourth-order valence-corrected chi connectivity index (χ4v) is 4.66. The highest BCUT2D eigenvalue weighted by Gasteiger charge is 2.46. The molecule has 3 atom stereocenters. The van der Waals surface area contributed by atoms with Crippen molar-refractivity contribution in [2.24, 2.45) is 5.92 Å². The lowest BCUT2D eigenvalue weighted by Crippen LogP contribution is -2.43. The predicted octanol–water partition coefficient (Wildman–Crippen LogP) is 3.13. The summed E-state index contributed by atoms with van der Waals surface area (Å²) < 4.78 is 0. The van der Waals surface area contributed by atoms with Gasteiger partial charge >= 0.3 is 0 Å². The Morgan fingerprint density at radius 3 is 2.76 bits per heavy atom. The molecule has 6 heteroatoms. The number of carbonyl (C=O) groups is 1. The molecule has 3 heterocycles. The molecule has 0 unspecified atom stereocenters. The number of rotatable bonds is 3. The maximum absolute atomic E-state index is 13.2. The van der Waals surface area contributed by atoms with Crippen molar-refractivity contribution in [1.29, 1.82) is 0 Å². The second-order valence-electron chi connectivity index (χ2n) is 7.59. The molecule has 1 aromatic heterocycles. The van der Waals surface area contributed by atoms with Gasteiger partial charge in [-0.1, -0.05) is 36.4 Å². The van der Waals surface area contributed by atoms with Crippen molar-refractivity contribution in [3.63, 3.8) is 0 Å². The smallest absolute Gasteiger partial charge is 0.274 e. The van der Waals surface area contributed by atoms with Crippen LogP contribution >= 0.6 is 0 Å². The van der Waals surface area contributed by atoms with Gasteiger partial charge in [0.15, 0.2) is 0 Å². The number of fused-ring (bicyclic) bond motifs is 3. The number of nitrogens with zero attached hydrogens (tertiary/aromatic N) is 3. The van der Waals surface area contributed by atoms with Crippen LogP contribution in [0.3, 0.4) is 0 Å². The van der Waals surface area contributed by atoms with Gasteiger partial charge in [0.2, 0.25) is 0 Å². The molecule has 0 aliphatic carbocycles. The number of aromatic nitrogens is 2. The Hall–Kier alpha value is -3.25. The maximum atomic E-state index is 13.2. The van der Waals surface area contributed by atoms with Gasteiger partial charge in [0, 0.05) is 30.5 Å². The maximum Gasteiger partial charge on any atom is 0.274 e. The largest absolute Gasteiger partial charge is 0.394 e. The van der Waals surface area contributed by atoms with Crippen molar-refractivity contribution < 1.29 is 9.90 Å². The fourth-order valence-electron chi connectivity index (χ4n) is 4.66. The first-order chi connectivity index (χ1) is 14.3. The molecule has 1 amide bonds. The van der Waals surface area contributed by atoms with E-state index in [9.17, 15) is 9.90 Å². The Morgan fingerprint density at radius 1 is 1.14 bits per heavy atom. The topological polar surface area (TPSA) is 78.4 Å². The van der Waals surface area contributed by atoms with E-state index in [0.717, 1.165) is 28.8 Å². The van der Waals surface area contributed by atoms with Gasteiger partial charge in [-0.2, -0.15) is 0 Å². The SMILES string of the molecule is O=C(c1cnccn1)N1CC[C@@H]2[C@H](CO)Nc3ccc(-c4ccccc4)cc3[C@@H]21. The zero-order chi connectivity index (χ0) is 19.8. The summed E-state index contributed by atoms with van der Waals surface area (Å²) in [5.41, 5.74) is 4.68. The normalized spacial score (nSPS) is 22.5. The minimum Gasteiger partial charge on any atom is -0.394 e. The summed E-state index contributed by atoms with van der Waals surface area (Å²) in [4.78, 5) is 23.3. The molecule has 2 aliphatic rings. The third-order valence-electron chi connectivity index (χ3n) is 6.02. The number of carbonyl (C=O) groups excluding carboxylic acids is 1. The molecule has 29 heavy (non-hydrogen) atoms. The molecular formula is C23H22N4O2. The van der Waals surface area contributed by atoms with Crippen LogP contribution < -0.4 is 5.32 Å². The first-order valence-electron chi connectivity index (χ1n) is 9.90. The number of benzene rings is 2. The molecule has 2 aromatic carbocycles. The van der Waals surface area contributed by atoms with E-state index in [1.54, 1.807) is 12.4 Å². The second-order valence-corrected chi connectivity index (χ2v) is 7.59. The predicted molar refractivity (Wildman–Crippen MR) is 110 cm³/mol. The standard InChI is InChI=1S/C23H22N4O2/c28-14-21-17-8-11-27(23(29)20-13-24-9-10-25-20)22(17)18-12-16(6-7-19(18)26-21)15-4-2-1-3-5-15/h1-7,9-10,12-13,17,21-22,26,28H,8,11,14H2/t17-,21+,22-/m1/s1. The van der Waals surface area contributed by atoms with Gasteiger partial charge < -0.3 is 15.3 Å². The number of likely N-dealkylation sites (tertiary alicyclic amines) is 1. The number of nitrogens with one attached hydrogen (secondary N) is 1. The van der Waals surface area contributed by atoms with Crippen LogP contribution in [0.15, 0.2) is 67.1 Å². The van der Waals surface area contributed by atoms with Crippen LogP contribution in [0.5, 0.6) is 0 Å². The number of hydrogen-bond donors (Lipinski definition) is 2. The minimum absolute atomic E-state index is 0.0359. The summed E-state index contributed by atoms with van der Waals surface area (Å²) in [5.74, 6) is 0.0411. The summed E-state index contributed by atoms with van der Waals surface area (Å²) in [6.07, 6.45) is 5.46. The van der Waals surface area contributed by atoms with Crippen LogP contribution in [-0.2, 0) is 0 Å². The molecular weight excluding hydrogens is 364 g/mol. The zero-order valence-corrected chi connectivity index (χ0v) is 15.9. The lowest BCUT2D eigenvalue weighted by molar-refractivity contribution is 0.0694. The second kappa shape index (κ2) is 7.29. The molecule has 146 valence electrons. The Labute approximate surface area is 169 Å². The summed E-state index contributed by atoms with van der Waals surface area (Å²) in [7, 11) is 0. The van der Waals surface area contributed by atoms with Crippen molar-refractivity contribution in [1.82, 2.24) is 14.9 Å². The van der Waals surface area contributed by atoms with Gasteiger partial charge in [0.1, 0.15) is 5.69 Å². The Morgan fingerprint density at radius 2 is 2.00 bits per heavy atom. The first kappa shape index (κ1) is 17.8. The van der Waals surface area contributed by atoms with Gasteiger partial charge in [-0.05, 0) is 35.2 Å². The van der Waals surface area contributed by atoms with Crippen molar-refractivity contribution in [2.45, 2.75) is 18.5 Å². The van der Waals surface area contributed by atoms with Gasteiger partial charge in [-0.15, -0.1) is 0 Å². The van der Waals surface area contributed by atoms with Crippen LogP contribution in [0.1, 0.15) is 28.5 Å². The first-order valence-corrected chi connectivity index (χ1v) is 9.90. The van der Waals surface area contributed by atoms with Gasteiger partial charge in [-0.25, -0.2) is 4.98 Å². The van der Waals surface area contributed by atoms with E-state index in [0.29, 0.717) is 12.2 Å². The van der Waals surface area contributed by atoms with Crippen LogP contribution in [-0.4, -0.2) is 45.1 Å². The average molecular weight is 386 g/mol. The monoisotopic (exact) mass is 386 g/mol. The van der Waals surface area contributed by atoms with Gasteiger partial charge in [-0.3, -0.25) is 9.78 Å². The average Bonchev–Trinajstić information content (AvgIpc) is 3.24. The minimum atomic E-state index is -0.111. The van der Waals surface area contributed by atoms with Crippen LogP contribution in [0.2, 0.25) is 0 Å². The number of amides is 1. The number of aliphatic hydroxyl groups excluding tert-OH is 1. The van der Waals surface area contributed by atoms with E-state index in [-0.39, 0.29) is 30.5 Å². The fraction of sp³-hybridized carbons (Fsp3) is 0.261. The Balaban J connectivity index is 1.58. The highest BCUT2D eigenvalue weighted by molar-refractivity contribution is 5.93. The van der Waals surface area contributed by atoms with Crippen molar-refractivity contribution in [2.75, 3.05) is 18.5 Å². The third-order valence-corrected chi connectivity index (χ3v) is 6.02. The third kappa shape index (κ3) is 3.06. The van der Waals surface area contributed by atoms with E-state index in [1.807, 2.05) is 23.1 Å². The molecule has 3 aromatic rings. The van der Waals surface area contributed by atoms with Crippen LogP contribution in [0.4, 0.5) is 5.69 Å². The quantitative estimate of drug-likeness (QED) is 0.723. The van der Waals surface area contributed by atoms with Crippen molar-refractivity contribution >= 4 is 11.6 Å². The number of anilines is 1. The van der Waals surface area contributed by atoms with Gasteiger partial charge in [0.25, 0.3) is 5.91 Å². The summed E-state index contributed by atoms with van der Waals surface area (Å²) >= 11 is 0. The summed E-state index contributed by atoms with van der Waals surface area (Å²) in [5, 5.41) is 13.4. The summed E-state index contributed by atoms with van der Waals surface area (Å²) in [6.45, 7) is 0.673. The lowest BCUT2D eigenvalue weighted by atomic mass is 9.82. The van der Waals surface area contributed by atoms with Crippen LogP contribution in [0, 0.1) is 5.92 Å². The molecule has 1 saturated heterocycles. The van der Waals surface area contributed by atoms with Crippen molar-refractivity contribution in [3.05, 3.63) is 78.4 Å². The molecule has 0 bridgehead atoms. The Kier molecular flexibility index (Phi) is 4.48. The molecule has 0 radical (unpaired) electrons. The molecule has 0 saturated carbocycles. The zero-order valence-electron chi connectivity index (χ0n) is 15.9. The molecule has 6 nitrogen and oxygen atoms in total. The molecule has 2 N–H and O–H groups in total. The highest BCUT2D eigenvalue weighted by Crippen LogP contribution is 2.47. The van der Waals surface area contributed by atoms with E-state index < -0.39 is 0 Å². The Bertz CT molecular complexity index is 1030. The van der Waals surface area contributed by atoms with Gasteiger partial charge in [0.05, 0.1) is 24.9 Å². The van der Waals surface area contributed by atoms with E-state index >= 15 is 0 Å². The number of hydrogen-bond acceptors (Lipinski definition) is 5. The summed E-state index contributed by atoms with van der Waals surface area (Å²) in [6, 6.07) is 16.4. The number of aliphatic hydroxyl groups is 1. The van der Waals surface area contributed by atoms with E-state index in [4.69, 9.17) is 0 Å². The van der Waals surface area contributed by atoms with Crippen LogP contribution in [0.25, 0.3) is 11.1 Å². The van der Waals surface area contributed by atoms with Crippen molar-refractivity contribution in [3.8, 4) is 11.1 Å². The lowest BCUT2D eigenvalue weighted by Gasteiger charge is -2.39. The molecule has 5 rings (SSSR count). The molecule has 2 aliphatic heterocycles. The molecule has 1 fully saturated rings. The van der Waals surface area contributed by atoms with E-state index in [1.165, 1.54) is 6.20 Å².